The molecule has 2 rings (SSSR count). The van der Waals surface area contributed by atoms with Gasteiger partial charge in [-0.1, -0.05) is 13.8 Å². The number of rotatable bonds is 2. The quantitative estimate of drug-likeness (QED) is 0.803. The van der Waals surface area contributed by atoms with Gasteiger partial charge in [0.1, 0.15) is 0 Å². The van der Waals surface area contributed by atoms with E-state index in [-0.39, 0.29) is 0 Å². The monoisotopic (exact) mass is 219 g/mol. The lowest BCUT2D eigenvalue weighted by molar-refractivity contribution is 0.232. The topological polar surface area (TPSA) is 50.9 Å². The molecule has 3 N–H and O–H groups in total. The zero-order valence-corrected chi connectivity index (χ0v) is 10.2. The molecule has 3 heteroatoms. The standard InChI is InChI=1S/C13H21N3/c1-13(2)6-3-10(4-7-13)16-12-5-8-15-9-11(12)14/h5,8-10H,3-4,6-7,14H2,1-2H3,(H,15,16). The summed E-state index contributed by atoms with van der Waals surface area (Å²) >= 11 is 0. The molecule has 1 heterocycles. The van der Waals surface area contributed by atoms with E-state index in [2.05, 4.69) is 24.1 Å². The molecule has 88 valence electrons. The van der Waals surface area contributed by atoms with Crippen LogP contribution in [0, 0.1) is 5.41 Å². The Hall–Kier alpha value is -1.25. The van der Waals surface area contributed by atoms with Crippen molar-refractivity contribution >= 4 is 11.4 Å². The van der Waals surface area contributed by atoms with Crippen molar-refractivity contribution < 1.29 is 0 Å². The first-order valence-electron chi connectivity index (χ1n) is 6.03. The van der Waals surface area contributed by atoms with Gasteiger partial charge >= 0.3 is 0 Å². The number of hydrogen-bond donors (Lipinski definition) is 2. The predicted octanol–water partition coefficient (Wildman–Crippen LogP) is 3.04. The van der Waals surface area contributed by atoms with Gasteiger partial charge in [0.15, 0.2) is 0 Å². The molecular formula is C13H21N3. The van der Waals surface area contributed by atoms with Gasteiger partial charge < -0.3 is 11.1 Å². The van der Waals surface area contributed by atoms with E-state index in [4.69, 9.17) is 5.73 Å². The fraction of sp³-hybridized carbons (Fsp3) is 0.615. The smallest absolute Gasteiger partial charge is 0.0736 e. The van der Waals surface area contributed by atoms with Crippen LogP contribution in [0.25, 0.3) is 0 Å². The molecule has 1 aromatic rings. The third kappa shape index (κ3) is 2.65. The molecule has 0 amide bonds. The molecule has 1 aromatic heterocycles. The second kappa shape index (κ2) is 4.32. The van der Waals surface area contributed by atoms with Crippen molar-refractivity contribution in [2.75, 3.05) is 11.1 Å². The first-order valence-corrected chi connectivity index (χ1v) is 6.03. The zero-order chi connectivity index (χ0) is 11.6. The zero-order valence-electron chi connectivity index (χ0n) is 10.2. The predicted molar refractivity (Wildman–Crippen MR) is 68.3 cm³/mol. The Balaban J connectivity index is 1.95. The normalized spacial score (nSPS) is 20.6. The SMILES string of the molecule is CC1(C)CCC(Nc2ccncc2N)CC1. The van der Waals surface area contributed by atoms with E-state index in [0.29, 0.717) is 11.5 Å². The minimum atomic E-state index is 0.516. The van der Waals surface area contributed by atoms with Crippen LogP contribution in [0.5, 0.6) is 0 Å². The van der Waals surface area contributed by atoms with Crippen molar-refractivity contribution in [2.45, 2.75) is 45.6 Å². The summed E-state index contributed by atoms with van der Waals surface area (Å²) in [6.07, 6.45) is 8.52. The van der Waals surface area contributed by atoms with Crippen molar-refractivity contribution in [3.8, 4) is 0 Å². The first kappa shape index (κ1) is 11.2. The molecule has 0 aliphatic heterocycles. The van der Waals surface area contributed by atoms with Gasteiger partial charge in [0.25, 0.3) is 0 Å². The average molecular weight is 219 g/mol. The fourth-order valence-corrected chi connectivity index (χ4v) is 2.30. The minimum absolute atomic E-state index is 0.516. The van der Waals surface area contributed by atoms with Crippen molar-refractivity contribution in [2.24, 2.45) is 5.41 Å². The van der Waals surface area contributed by atoms with E-state index in [9.17, 15) is 0 Å². The third-order valence-corrected chi connectivity index (χ3v) is 3.55. The van der Waals surface area contributed by atoms with Crippen molar-refractivity contribution in [1.82, 2.24) is 4.98 Å². The summed E-state index contributed by atoms with van der Waals surface area (Å²) in [6, 6.07) is 2.52. The number of nitrogens with one attached hydrogen (secondary N) is 1. The summed E-state index contributed by atoms with van der Waals surface area (Å²) in [5.41, 5.74) is 8.15. The van der Waals surface area contributed by atoms with E-state index in [1.807, 2.05) is 6.07 Å². The average Bonchev–Trinajstić information content (AvgIpc) is 2.24. The Bertz CT molecular complexity index is 350. The van der Waals surface area contributed by atoms with Crippen molar-refractivity contribution in [3.63, 3.8) is 0 Å². The number of anilines is 2. The summed E-state index contributed by atoms with van der Waals surface area (Å²) in [7, 11) is 0. The van der Waals surface area contributed by atoms with Crippen molar-refractivity contribution in [1.29, 1.82) is 0 Å². The highest BCUT2D eigenvalue weighted by Gasteiger charge is 2.26. The molecule has 1 aliphatic carbocycles. The lowest BCUT2D eigenvalue weighted by Gasteiger charge is -2.35. The van der Waals surface area contributed by atoms with E-state index < -0.39 is 0 Å². The summed E-state index contributed by atoms with van der Waals surface area (Å²) in [4.78, 5) is 4.00. The molecule has 0 radical (unpaired) electrons. The molecule has 0 unspecified atom stereocenters. The lowest BCUT2D eigenvalue weighted by Crippen LogP contribution is -2.30. The third-order valence-electron chi connectivity index (χ3n) is 3.55. The van der Waals surface area contributed by atoms with Crippen LogP contribution in [0.3, 0.4) is 0 Å². The van der Waals surface area contributed by atoms with Gasteiger partial charge in [-0.25, -0.2) is 0 Å². The highest BCUT2D eigenvalue weighted by Crippen LogP contribution is 2.36. The fourth-order valence-electron chi connectivity index (χ4n) is 2.30. The van der Waals surface area contributed by atoms with E-state index >= 15 is 0 Å². The summed E-state index contributed by atoms with van der Waals surface area (Å²) in [6.45, 7) is 4.70. The number of hydrogen-bond acceptors (Lipinski definition) is 3. The van der Waals surface area contributed by atoms with Gasteiger partial charge in [0, 0.05) is 12.2 Å². The molecule has 0 atom stereocenters. The summed E-state index contributed by atoms with van der Waals surface area (Å²) in [5.74, 6) is 0. The second-order valence-corrected chi connectivity index (χ2v) is 5.55. The highest BCUT2D eigenvalue weighted by atomic mass is 14.9. The van der Waals surface area contributed by atoms with Gasteiger partial charge in [0.05, 0.1) is 17.6 Å². The summed E-state index contributed by atoms with van der Waals surface area (Å²) < 4.78 is 0. The maximum atomic E-state index is 5.87. The van der Waals surface area contributed by atoms with Crippen LogP contribution >= 0.6 is 0 Å². The van der Waals surface area contributed by atoms with E-state index in [1.54, 1.807) is 12.4 Å². The van der Waals surface area contributed by atoms with Crippen LogP contribution in [0.2, 0.25) is 0 Å². The Morgan fingerprint density at radius 3 is 2.69 bits per heavy atom. The molecular weight excluding hydrogens is 198 g/mol. The number of pyridine rings is 1. The van der Waals surface area contributed by atoms with Gasteiger partial charge in [-0.2, -0.15) is 0 Å². The van der Waals surface area contributed by atoms with E-state index in [0.717, 1.165) is 11.4 Å². The number of nitrogen functional groups attached to an aromatic ring is 1. The molecule has 1 saturated carbocycles. The van der Waals surface area contributed by atoms with Crippen LogP contribution < -0.4 is 11.1 Å². The van der Waals surface area contributed by atoms with Gasteiger partial charge in [-0.15, -0.1) is 0 Å². The van der Waals surface area contributed by atoms with E-state index in [1.165, 1.54) is 25.7 Å². The number of aromatic nitrogens is 1. The Morgan fingerprint density at radius 2 is 2.06 bits per heavy atom. The van der Waals surface area contributed by atoms with Gasteiger partial charge in [-0.05, 0) is 37.2 Å². The summed E-state index contributed by atoms with van der Waals surface area (Å²) in [5, 5.41) is 3.52. The molecule has 1 aliphatic rings. The maximum absolute atomic E-state index is 5.87. The molecule has 16 heavy (non-hydrogen) atoms. The first-order chi connectivity index (χ1) is 7.57. The highest BCUT2D eigenvalue weighted by molar-refractivity contribution is 5.64. The van der Waals surface area contributed by atoms with Crippen LogP contribution in [0.15, 0.2) is 18.5 Å². The number of nitrogens with two attached hydrogens (primary N) is 1. The Morgan fingerprint density at radius 1 is 1.38 bits per heavy atom. The minimum Gasteiger partial charge on any atom is -0.396 e. The molecule has 0 saturated heterocycles. The van der Waals surface area contributed by atoms with Gasteiger partial charge in [-0.3, -0.25) is 4.98 Å². The largest absolute Gasteiger partial charge is 0.396 e. The second-order valence-electron chi connectivity index (χ2n) is 5.55. The molecule has 0 spiro atoms. The van der Waals surface area contributed by atoms with Crippen LogP contribution in [-0.4, -0.2) is 11.0 Å². The lowest BCUT2D eigenvalue weighted by atomic mass is 9.75. The molecule has 0 aromatic carbocycles. The van der Waals surface area contributed by atoms with Crippen LogP contribution in [0.4, 0.5) is 11.4 Å². The Labute approximate surface area is 97.5 Å². The molecule has 0 bridgehead atoms. The van der Waals surface area contributed by atoms with Crippen LogP contribution in [0.1, 0.15) is 39.5 Å². The maximum Gasteiger partial charge on any atom is 0.0736 e. The van der Waals surface area contributed by atoms with Crippen molar-refractivity contribution in [3.05, 3.63) is 18.5 Å². The van der Waals surface area contributed by atoms with Gasteiger partial charge in [0.2, 0.25) is 0 Å². The molecule has 3 nitrogen and oxygen atoms in total. The number of nitrogens with zero attached hydrogens (tertiary/aromatic N) is 1. The van der Waals surface area contributed by atoms with Crippen LogP contribution in [-0.2, 0) is 0 Å². The Kier molecular flexibility index (Phi) is 3.03. The molecule has 1 fully saturated rings.